The number of hydrogen-bond donors (Lipinski definition) is 2. The molecule has 0 saturated heterocycles. The number of pyridine rings is 1. The van der Waals surface area contributed by atoms with Gasteiger partial charge >= 0.3 is 0 Å². The van der Waals surface area contributed by atoms with E-state index in [0.717, 1.165) is 47.5 Å². The highest BCUT2D eigenvalue weighted by Crippen LogP contribution is 2.35. The Morgan fingerprint density at radius 1 is 1.42 bits per heavy atom. The van der Waals surface area contributed by atoms with Gasteiger partial charge in [0.05, 0.1) is 11.4 Å². The zero-order valence-corrected chi connectivity index (χ0v) is 15.2. The van der Waals surface area contributed by atoms with Crippen molar-refractivity contribution in [2.24, 2.45) is 0 Å². The van der Waals surface area contributed by atoms with Gasteiger partial charge in [-0.2, -0.15) is 0 Å². The van der Waals surface area contributed by atoms with Gasteiger partial charge in [0.15, 0.2) is 0 Å². The van der Waals surface area contributed by atoms with Crippen LogP contribution in [0, 0.1) is 5.82 Å². The zero-order valence-electron chi connectivity index (χ0n) is 14.4. The van der Waals surface area contributed by atoms with Crippen molar-refractivity contribution in [1.82, 2.24) is 9.88 Å². The van der Waals surface area contributed by atoms with Crippen LogP contribution in [0.4, 0.5) is 15.8 Å². The number of carbonyl (C=O) groups excluding carboxylic acids is 1. The summed E-state index contributed by atoms with van der Waals surface area (Å²) in [4.78, 5) is 20.8. The van der Waals surface area contributed by atoms with Crippen LogP contribution in [0.2, 0.25) is 0 Å². The highest BCUT2D eigenvalue weighted by Gasteiger charge is 2.22. The van der Waals surface area contributed by atoms with Crippen molar-refractivity contribution in [2.75, 3.05) is 24.1 Å². The Labute approximate surface area is 154 Å². The van der Waals surface area contributed by atoms with Crippen LogP contribution in [0.5, 0.6) is 0 Å². The third-order valence-corrected chi connectivity index (χ3v) is 5.84. The van der Waals surface area contributed by atoms with Gasteiger partial charge in [0.1, 0.15) is 15.5 Å². The number of halogens is 1. The molecule has 3 heterocycles. The maximum absolute atomic E-state index is 13.8. The Morgan fingerprint density at radius 3 is 3.00 bits per heavy atom. The van der Waals surface area contributed by atoms with E-state index in [9.17, 15) is 9.18 Å². The van der Waals surface area contributed by atoms with E-state index in [1.54, 1.807) is 12.1 Å². The molecule has 3 aromatic rings. The van der Waals surface area contributed by atoms with Gasteiger partial charge in [-0.05, 0) is 30.3 Å². The van der Waals surface area contributed by atoms with Crippen LogP contribution in [-0.4, -0.2) is 28.9 Å². The summed E-state index contributed by atoms with van der Waals surface area (Å²) in [6.07, 6.45) is 0.897. The molecule has 1 aromatic carbocycles. The van der Waals surface area contributed by atoms with Gasteiger partial charge in [0, 0.05) is 30.6 Å². The molecule has 0 aliphatic carbocycles. The maximum Gasteiger partial charge on any atom is 0.268 e. The lowest BCUT2D eigenvalue weighted by Crippen LogP contribution is -2.30. The topological polar surface area (TPSA) is 71.2 Å². The van der Waals surface area contributed by atoms with Crippen LogP contribution in [-0.2, 0) is 13.0 Å². The van der Waals surface area contributed by atoms with Gasteiger partial charge in [0.2, 0.25) is 0 Å². The molecule has 2 aromatic heterocycles. The summed E-state index contributed by atoms with van der Waals surface area (Å²) in [5.41, 5.74) is 9.02. The number of nitrogen functional groups attached to an aromatic ring is 1. The van der Waals surface area contributed by atoms with Crippen LogP contribution < -0.4 is 11.1 Å². The maximum atomic E-state index is 13.8. The Balaban J connectivity index is 1.69. The van der Waals surface area contributed by atoms with Gasteiger partial charge < -0.3 is 11.1 Å². The average Bonchev–Trinajstić information content (AvgIpc) is 2.97. The molecule has 0 unspecified atom stereocenters. The van der Waals surface area contributed by atoms with E-state index in [0.29, 0.717) is 10.6 Å². The minimum absolute atomic E-state index is 0.139. The lowest BCUT2D eigenvalue weighted by Gasteiger charge is -2.26. The molecule has 0 radical (unpaired) electrons. The molecule has 0 bridgehead atoms. The number of likely N-dealkylation sites (N-methyl/N-ethyl adjacent to an activating group) is 1. The predicted octanol–water partition coefficient (Wildman–Crippen LogP) is 3.65. The van der Waals surface area contributed by atoms with Gasteiger partial charge in [-0.1, -0.05) is 19.1 Å². The Morgan fingerprint density at radius 2 is 2.23 bits per heavy atom. The summed E-state index contributed by atoms with van der Waals surface area (Å²) in [6.45, 7) is 4.97. The lowest BCUT2D eigenvalue weighted by atomic mass is 10.0. The van der Waals surface area contributed by atoms with Gasteiger partial charge in [0.25, 0.3) is 5.91 Å². The number of para-hydroxylation sites is 1. The third kappa shape index (κ3) is 2.93. The molecule has 7 heteroatoms. The minimum Gasteiger partial charge on any atom is -0.397 e. The smallest absolute Gasteiger partial charge is 0.268 e. The first-order valence-electron chi connectivity index (χ1n) is 8.55. The monoisotopic (exact) mass is 370 g/mol. The summed E-state index contributed by atoms with van der Waals surface area (Å²) < 4.78 is 13.8. The number of aromatic nitrogens is 1. The fourth-order valence-electron chi connectivity index (χ4n) is 3.24. The molecule has 1 aliphatic heterocycles. The Hall–Kier alpha value is -2.51. The summed E-state index contributed by atoms with van der Waals surface area (Å²) in [6, 6.07) is 8.12. The molecule has 1 amide bonds. The number of nitrogens with two attached hydrogens (primary N) is 1. The fraction of sp³-hybridized carbons (Fsp3) is 0.263. The molecular weight excluding hydrogens is 351 g/mol. The zero-order chi connectivity index (χ0) is 18.3. The minimum atomic E-state index is -0.478. The van der Waals surface area contributed by atoms with E-state index in [-0.39, 0.29) is 5.69 Å². The molecule has 0 spiro atoms. The second-order valence-electron chi connectivity index (χ2n) is 6.34. The van der Waals surface area contributed by atoms with Crippen molar-refractivity contribution >= 4 is 38.8 Å². The number of amides is 1. The third-order valence-electron chi connectivity index (χ3n) is 4.72. The van der Waals surface area contributed by atoms with Crippen molar-refractivity contribution in [2.45, 2.75) is 19.9 Å². The molecule has 134 valence electrons. The van der Waals surface area contributed by atoms with Crippen molar-refractivity contribution in [1.29, 1.82) is 0 Å². The number of rotatable bonds is 3. The van der Waals surface area contributed by atoms with Crippen molar-refractivity contribution in [3.8, 4) is 0 Å². The largest absolute Gasteiger partial charge is 0.397 e. The number of nitrogens with zero attached hydrogens (tertiary/aromatic N) is 2. The molecule has 26 heavy (non-hydrogen) atoms. The number of thiophene rings is 1. The summed E-state index contributed by atoms with van der Waals surface area (Å²) in [5, 5.41) is 3.39. The molecule has 3 N–H and O–H groups in total. The van der Waals surface area contributed by atoms with Crippen molar-refractivity contribution < 1.29 is 9.18 Å². The standard InChI is InChI=1S/C19H19FN4OS/c1-2-24-8-7-14-11(10-24)9-12-16(21)17(26-19(12)23-14)18(25)22-15-6-4-3-5-13(15)20/h3-6,9H,2,7-8,10,21H2,1H3,(H,22,25). The molecule has 0 saturated carbocycles. The number of nitrogens with one attached hydrogen (secondary N) is 1. The highest BCUT2D eigenvalue weighted by molar-refractivity contribution is 7.21. The number of carbonyl (C=O) groups is 1. The van der Waals surface area contributed by atoms with Crippen LogP contribution in [0.1, 0.15) is 27.9 Å². The van der Waals surface area contributed by atoms with Crippen molar-refractivity contribution in [3.63, 3.8) is 0 Å². The summed E-state index contributed by atoms with van der Waals surface area (Å²) in [7, 11) is 0. The van der Waals surface area contributed by atoms with Crippen LogP contribution in [0.25, 0.3) is 10.2 Å². The second-order valence-corrected chi connectivity index (χ2v) is 7.34. The van der Waals surface area contributed by atoms with Crippen LogP contribution in [0.15, 0.2) is 30.3 Å². The van der Waals surface area contributed by atoms with Gasteiger partial charge in [-0.15, -0.1) is 11.3 Å². The molecule has 1 aliphatic rings. The average molecular weight is 370 g/mol. The van der Waals surface area contributed by atoms with E-state index in [4.69, 9.17) is 10.7 Å². The second kappa shape index (κ2) is 6.66. The molecule has 4 rings (SSSR count). The number of anilines is 2. The number of benzene rings is 1. The first-order valence-corrected chi connectivity index (χ1v) is 9.37. The van der Waals surface area contributed by atoms with E-state index in [1.807, 2.05) is 6.07 Å². The number of hydrogen-bond acceptors (Lipinski definition) is 5. The van der Waals surface area contributed by atoms with Crippen molar-refractivity contribution in [3.05, 3.63) is 52.3 Å². The molecule has 0 atom stereocenters. The molecular formula is C19H19FN4OS. The number of fused-ring (bicyclic) bond motifs is 2. The Bertz CT molecular complexity index is 1000. The van der Waals surface area contributed by atoms with Crippen LogP contribution >= 0.6 is 11.3 Å². The lowest BCUT2D eigenvalue weighted by molar-refractivity contribution is 0.103. The first kappa shape index (κ1) is 16.9. The molecule has 5 nitrogen and oxygen atoms in total. The quantitative estimate of drug-likeness (QED) is 0.738. The van der Waals surface area contributed by atoms with Gasteiger partial charge in [-0.3, -0.25) is 9.69 Å². The summed E-state index contributed by atoms with van der Waals surface area (Å²) in [5.74, 6) is -0.891. The van der Waals surface area contributed by atoms with Gasteiger partial charge in [-0.25, -0.2) is 9.37 Å². The predicted molar refractivity (Wildman–Crippen MR) is 103 cm³/mol. The van der Waals surface area contributed by atoms with Crippen LogP contribution in [0.3, 0.4) is 0 Å². The normalized spacial score (nSPS) is 14.4. The van der Waals surface area contributed by atoms with E-state index in [2.05, 4.69) is 17.1 Å². The Kier molecular flexibility index (Phi) is 4.34. The SMILES string of the molecule is CCN1CCc2nc3sc(C(=O)Nc4ccccc4F)c(N)c3cc2C1. The summed E-state index contributed by atoms with van der Waals surface area (Å²) >= 11 is 1.25. The van der Waals surface area contributed by atoms with E-state index in [1.165, 1.54) is 23.5 Å². The van der Waals surface area contributed by atoms with E-state index >= 15 is 0 Å². The van der Waals surface area contributed by atoms with E-state index < -0.39 is 11.7 Å². The highest BCUT2D eigenvalue weighted by atomic mass is 32.1. The molecule has 0 fully saturated rings. The fourth-order valence-corrected chi connectivity index (χ4v) is 4.23. The first-order chi connectivity index (χ1) is 12.6.